The number of nitrogens with one attached hydrogen (secondary N) is 1. The van der Waals surface area contributed by atoms with Crippen LogP contribution in [-0.2, 0) is 16.0 Å². The van der Waals surface area contributed by atoms with E-state index in [9.17, 15) is 9.59 Å². The molecule has 1 atom stereocenters. The Morgan fingerprint density at radius 3 is 2.11 bits per heavy atom. The van der Waals surface area contributed by atoms with E-state index in [-0.39, 0.29) is 12.3 Å². The van der Waals surface area contributed by atoms with Crippen LogP contribution in [0.1, 0.15) is 32.6 Å². The highest BCUT2D eigenvalue weighted by Gasteiger charge is 2.24. The fourth-order valence-electron chi connectivity index (χ4n) is 3.17. The van der Waals surface area contributed by atoms with Crippen molar-refractivity contribution in [3.8, 4) is 0 Å². The summed E-state index contributed by atoms with van der Waals surface area (Å²) >= 11 is 0. The molecule has 0 heterocycles. The second-order valence-corrected chi connectivity index (χ2v) is 6.64. The molecular formula is C20H24BNO5. The van der Waals surface area contributed by atoms with Crippen molar-refractivity contribution in [1.29, 1.82) is 0 Å². The number of esters is 1. The van der Waals surface area contributed by atoms with Crippen molar-refractivity contribution in [2.75, 3.05) is 7.11 Å². The third-order valence-electron chi connectivity index (χ3n) is 4.41. The molecule has 0 saturated carbocycles. The molecule has 0 aromatic heterocycles. The first kappa shape index (κ1) is 20.7. The van der Waals surface area contributed by atoms with E-state index >= 15 is 0 Å². The molecule has 2 aromatic rings. The summed E-state index contributed by atoms with van der Waals surface area (Å²) < 4.78 is 4.83. The van der Waals surface area contributed by atoms with Gasteiger partial charge in [0.15, 0.2) is 0 Å². The van der Waals surface area contributed by atoms with E-state index in [4.69, 9.17) is 14.8 Å². The molecule has 0 radical (unpaired) electrons. The molecule has 1 amide bonds. The second kappa shape index (κ2) is 8.84. The van der Waals surface area contributed by atoms with Crippen molar-refractivity contribution in [2.45, 2.75) is 33.2 Å². The van der Waals surface area contributed by atoms with Crippen molar-refractivity contribution < 1.29 is 24.4 Å². The van der Waals surface area contributed by atoms with Crippen molar-refractivity contribution >= 4 is 24.5 Å². The molecule has 0 saturated heterocycles. The van der Waals surface area contributed by atoms with Crippen LogP contribution in [0.25, 0.3) is 0 Å². The number of hydrogen-bond donors (Lipinski definition) is 3. The van der Waals surface area contributed by atoms with Gasteiger partial charge in [-0.2, -0.15) is 0 Å². The first-order valence-electron chi connectivity index (χ1n) is 8.64. The van der Waals surface area contributed by atoms with Crippen LogP contribution in [0.4, 0.5) is 0 Å². The quantitative estimate of drug-likeness (QED) is 0.517. The van der Waals surface area contributed by atoms with E-state index in [0.717, 1.165) is 22.3 Å². The molecule has 27 heavy (non-hydrogen) atoms. The molecular weight excluding hydrogens is 345 g/mol. The zero-order chi connectivity index (χ0) is 20.1. The lowest BCUT2D eigenvalue weighted by Gasteiger charge is -2.19. The lowest BCUT2D eigenvalue weighted by atomic mass is 9.80. The minimum Gasteiger partial charge on any atom is -0.467 e. The molecule has 0 aliphatic heterocycles. The topological polar surface area (TPSA) is 95.9 Å². The van der Waals surface area contributed by atoms with Gasteiger partial charge < -0.3 is 20.1 Å². The van der Waals surface area contributed by atoms with Gasteiger partial charge in [0.2, 0.25) is 0 Å². The van der Waals surface area contributed by atoms with Crippen LogP contribution in [0.5, 0.6) is 0 Å². The Balaban J connectivity index is 2.22. The van der Waals surface area contributed by atoms with Crippen LogP contribution in [0.3, 0.4) is 0 Å². The number of benzene rings is 2. The summed E-state index contributed by atoms with van der Waals surface area (Å²) in [6, 6.07) is 9.47. The van der Waals surface area contributed by atoms with Gasteiger partial charge in [-0.15, -0.1) is 0 Å². The van der Waals surface area contributed by atoms with Gasteiger partial charge in [0.05, 0.1) is 7.11 Å². The van der Waals surface area contributed by atoms with Crippen LogP contribution in [0.2, 0.25) is 0 Å². The largest absolute Gasteiger partial charge is 0.488 e. The van der Waals surface area contributed by atoms with Crippen LogP contribution < -0.4 is 10.8 Å². The van der Waals surface area contributed by atoms with E-state index in [2.05, 4.69) is 5.32 Å². The average Bonchev–Trinajstić information content (AvgIpc) is 2.60. The molecule has 2 aromatic carbocycles. The van der Waals surface area contributed by atoms with Crippen molar-refractivity contribution in [1.82, 2.24) is 5.32 Å². The lowest BCUT2D eigenvalue weighted by molar-refractivity contribution is -0.142. The summed E-state index contributed by atoms with van der Waals surface area (Å²) in [7, 11) is -0.280. The number of hydrogen-bond acceptors (Lipinski definition) is 5. The molecule has 142 valence electrons. The van der Waals surface area contributed by atoms with Gasteiger partial charge in [0.1, 0.15) is 6.04 Å². The number of aryl methyl sites for hydroxylation is 3. The number of amides is 1. The molecule has 0 spiro atoms. The van der Waals surface area contributed by atoms with Crippen molar-refractivity contribution in [2.24, 2.45) is 0 Å². The molecule has 6 nitrogen and oxygen atoms in total. The molecule has 3 N–H and O–H groups in total. The van der Waals surface area contributed by atoms with E-state index in [1.54, 1.807) is 24.3 Å². The first-order valence-corrected chi connectivity index (χ1v) is 8.64. The second-order valence-electron chi connectivity index (χ2n) is 6.64. The highest BCUT2D eigenvalue weighted by Crippen LogP contribution is 2.17. The normalized spacial score (nSPS) is 11.6. The molecule has 0 aliphatic rings. The zero-order valence-corrected chi connectivity index (χ0v) is 15.9. The Labute approximate surface area is 159 Å². The van der Waals surface area contributed by atoms with Gasteiger partial charge in [-0.05, 0) is 42.9 Å². The van der Waals surface area contributed by atoms with Crippen LogP contribution in [0, 0.1) is 20.8 Å². The predicted octanol–water partition coefficient (Wildman–Crippen LogP) is 0.806. The Morgan fingerprint density at radius 1 is 1.07 bits per heavy atom. The molecule has 7 heteroatoms. The lowest BCUT2D eigenvalue weighted by Crippen LogP contribution is -2.43. The Hall–Kier alpha value is -2.64. The summed E-state index contributed by atoms with van der Waals surface area (Å²) in [5.41, 5.74) is 4.41. The molecule has 0 aliphatic carbocycles. The van der Waals surface area contributed by atoms with Gasteiger partial charge in [0, 0.05) is 12.0 Å². The summed E-state index contributed by atoms with van der Waals surface area (Å²) in [6.07, 6.45) is 0.226. The van der Waals surface area contributed by atoms with E-state index < -0.39 is 19.1 Å². The minimum absolute atomic E-state index is 0.226. The average molecular weight is 369 g/mol. The predicted molar refractivity (Wildman–Crippen MR) is 104 cm³/mol. The summed E-state index contributed by atoms with van der Waals surface area (Å²) in [5, 5.41) is 21.1. The Morgan fingerprint density at radius 2 is 1.63 bits per heavy atom. The number of ether oxygens (including phenoxy) is 1. The van der Waals surface area contributed by atoms with Gasteiger partial charge in [-0.3, -0.25) is 4.79 Å². The minimum atomic E-state index is -1.55. The van der Waals surface area contributed by atoms with E-state index in [1.807, 2.05) is 32.9 Å². The fourth-order valence-corrected chi connectivity index (χ4v) is 3.17. The monoisotopic (exact) mass is 369 g/mol. The van der Waals surface area contributed by atoms with Crippen molar-refractivity contribution in [3.63, 3.8) is 0 Å². The number of methoxy groups -OCH3 is 1. The van der Waals surface area contributed by atoms with Crippen molar-refractivity contribution in [3.05, 3.63) is 64.2 Å². The first-order chi connectivity index (χ1) is 12.7. The van der Waals surface area contributed by atoms with Gasteiger partial charge >= 0.3 is 13.1 Å². The molecule has 0 bridgehead atoms. The maximum absolute atomic E-state index is 12.8. The number of carbonyl (C=O) groups is 2. The summed E-state index contributed by atoms with van der Waals surface area (Å²) in [4.78, 5) is 24.9. The third-order valence-corrected chi connectivity index (χ3v) is 4.41. The van der Waals surface area contributed by atoms with Crippen LogP contribution in [0.15, 0.2) is 36.4 Å². The van der Waals surface area contributed by atoms with Crippen LogP contribution in [-0.4, -0.2) is 42.2 Å². The molecule has 2 rings (SSSR count). The summed E-state index contributed by atoms with van der Waals surface area (Å²) in [5.74, 6) is -0.875. The van der Waals surface area contributed by atoms with Gasteiger partial charge in [-0.1, -0.05) is 42.0 Å². The smallest absolute Gasteiger partial charge is 0.467 e. The summed E-state index contributed by atoms with van der Waals surface area (Å²) in [6.45, 7) is 5.69. The highest BCUT2D eigenvalue weighted by molar-refractivity contribution is 6.58. The van der Waals surface area contributed by atoms with E-state index in [0.29, 0.717) is 11.0 Å². The zero-order valence-electron chi connectivity index (χ0n) is 15.9. The Kier molecular flexibility index (Phi) is 6.77. The molecule has 1 unspecified atom stereocenters. The molecule has 0 fully saturated rings. The highest BCUT2D eigenvalue weighted by atomic mass is 16.5. The van der Waals surface area contributed by atoms with Gasteiger partial charge in [-0.25, -0.2) is 4.79 Å². The number of rotatable bonds is 6. The third kappa shape index (κ3) is 5.18. The fraction of sp³-hybridized carbons (Fsp3) is 0.300. The standard InChI is InChI=1S/C20H24BNO5/c1-12-9-13(2)18(14(3)10-12)19(23)22-17(20(24)27-4)11-15-5-7-16(8-6-15)21(25)26/h5-10,17,25-26H,11H2,1-4H3,(H,22,23). The van der Waals surface area contributed by atoms with Gasteiger partial charge in [0.25, 0.3) is 5.91 Å². The number of carbonyl (C=O) groups excluding carboxylic acids is 2. The van der Waals surface area contributed by atoms with E-state index in [1.165, 1.54) is 7.11 Å². The maximum atomic E-state index is 12.8. The van der Waals surface area contributed by atoms with Crippen LogP contribution >= 0.6 is 0 Å². The SMILES string of the molecule is COC(=O)C(Cc1ccc(B(O)O)cc1)NC(=O)c1c(C)cc(C)cc1C. The maximum Gasteiger partial charge on any atom is 0.488 e. The Bertz CT molecular complexity index is 810.